The van der Waals surface area contributed by atoms with E-state index in [9.17, 15) is 0 Å². The van der Waals surface area contributed by atoms with Gasteiger partial charge in [0.25, 0.3) is 0 Å². The molecule has 0 aliphatic carbocycles. The minimum Gasteiger partial charge on any atom is -0.297 e. The lowest BCUT2D eigenvalue weighted by Crippen LogP contribution is -2.24. The van der Waals surface area contributed by atoms with Gasteiger partial charge in [0.05, 0.1) is 11.9 Å². The smallest absolute Gasteiger partial charge is 0.0967 e. The standard InChI is InChI=1S/C10H17ClN4/c1-14-12-7-10(13-14)8-15-5-2-3-9(11)4-6-15/h7,9H,2-6,8H2,1H3. The van der Waals surface area contributed by atoms with Crippen LogP contribution in [-0.2, 0) is 13.6 Å². The molecule has 84 valence electrons. The first-order chi connectivity index (χ1) is 7.24. The molecule has 1 aliphatic heterocycles. The van der Waals surface area contributed by atoms with Crippen molar-refractivity contribution >= 4 is 11.6 Å². The third kappa shape index (κ3) is 3.18. The molecule has 0 spiro atoms. The summed E-state index contributed by atoms with van der Waals surface area (Å²) in [7, 11) is 1.85. The first-order valence-corrected chi connectivity index (χ1v) is 5.89. The number of likely N-dealkylation sites (tertiary alicyclic amines) is 1. The second kappa shape index (κ2) is 4.94. The van der Waals surface area contributed by atoms with Gasteiger partial charge >= 0.3 is 0 Å². The average Bonchev–Trinajstić information content (AvgIpc) is 2.48. The van der Waals surface area contributed by atoms with Gasteiger partial charge in [-0.1, -0.05) is 0 Å². The van der Waals surface area contributed by atoms with Crippen LogP contribution in [0.5, 0.6) is 0 Å². The highest BCUT2D eigenvalue weighted by molar-refractivity contribution is 6.20. The van der Waals surface area contributed by atoms with E-state index in [0.29, 0.717) is 5.38 Å². The van der Waals surface area contributed by atoms with E-state index < -0.39 is 0 Å². The first-order valence-electron chi connectivity index (χ1n) is 5.45. The van der Waals surface area contributed by atoms with E-state index in [1.165, 1.54) is 6.42 Å². The monoisotopic (exact) mass is 228 g/mol. The lowest BCUT2D eigenvalue weighted by molar-refractivity contribution is 0.273. The topological polar surface area (TPSA) is 34.0 Å². The van der Waals surface area contributed by atoms with Crippen LogP contribution >= 0.6 is 11.6 Å². The number of hydrogen-bond donors (Lipinski definition) is 0. The first kappa shape index (κ1) is 10.9. The van der Waals surface area contributed by atoms with E-state index >= 15 is 0 Å². The zero-order valence-corrected chi connectivity index (χ0v) is 9.82. The van der Waals surface area contributed by atoms with Crippen LogP contribution in [0.4, 0.5) is 0 Å². The van der Waals surface area contributed by atoms with Crippen molar-refractivity contribution in [3.05, 3.63) is 11.9 Å². The van der Waals surface area contributed by atoms with Gasteiger partial charge in [0.15, 0.2) is 0 Å². The Hall–Kier alpha value is -0.610. The van der Waals surface area contributed by atoms with Crippen molar-refractivity contribution in [1.82, 2.24) is 19.9 Å². The van der Waals surface area contributed by atoms with E-state index in [1.54, 1.807) is 4.80 Å². The van der Waals surface area contributed by atoms with Crippen LogP contribution < -0.4 is 0 Å². The SMILES string of the molecule is Cn1ncc(CN2CCCC(Cl)CC2)n1. The predicted molar refractivity (Wildman–Crippen MR) is 59.8 cm³/mol. The molecule has 5 heteroatoms. The maximum absolute atomic E-state index is 6.13. The Morgan fingerprint density at radius 3 is 3.07 bits per heavy atom. The summed E-state index contributed by atoms with van der Waals surface area (Å²) < 4.78 is 0. The van der Waals surface area contributed by atoms with Gasteiger partial charge in [-0.2, -0.15) is 15.0 Å². The molecule has 0 N–H and O–H groups in total. The van der Waals surface area contributed by atoms with Crippen molar-refractivity contribution in [2.45, 2.75) is 31.2 Å². The molecule has 0 radical (unpaired) electrons. The van der Waals surface area contributed by atoms with E-state index in [-0.39, 0.29) is 0 Å². The van der Waals surface area contributed by atoms with Gasteiger partial charge in [-0.05, 0) is 32.4 Å². The molecule has 1 saturated heterocycles. The molecule has 1 unspecified atom stereocenters. The summed E-state index contributed by atoms with van der Waals surface area (Å²) in [6.07, 6.45) is 5.25. The van der Waals surface area contributed by atoms with Gasteiger partial charge in [0, 0.05) is 19.0 Å². The number of aromatic nitrogens is 3. The maximum atomic E-state index is 6.13. The van der Waals surface area contributed by atoms with Gasteiger partial charge in [0.2, 0.25) is 0 Å². The van der Waals surface area contributed by atoms with Crippen LogP contribution in [0.2, 0.25) is 0 Å². The molecule has 0 amide bonds. The minimum absolute atomic E-state index is 0.358. The van der Waals surface area contributed by atoms with Crippen molar-refractivity contribution in [2.75, 3.05) is 13.1 Å². The second-order valence-electron chi connectivity index (χ2n) is 4.13. The number of aryl methyl sites for hydroxylation is 1. The Balaban J connectivity index is 1.88. The van der Waals surface area contributed by atoms with Crippen molar-refractivity contribution in [2.24, 2.45) is 7.05 Å². The molecule has 1 aliphatic rings. The van der Waals surface area contributed by atoms with E-state index in [4.69, 9.17) is 11.6 Å². The Morgan fingerprint density at radius 2 is 2.33 bits per heavy atom. The van der Waals surface area contributed by atoms with Crippen LogP contribution in [0.25, 0.3) is 0 Å². The van der Waals surface area contributed by atoms with E-state index in [0.717, 1.165) is 38.2 Å². The second-order valence-corrected chi connectivity index (χ2v) is 4.75. The molecule has 15 heavy (non-hydrogen) atoms. The summed E-state index contributed by atoms with van der Waals surface area (Å²) in [5, 5.41) is 8.72. The van der Waals surface area contributed by atoms with Crippen LogP contribution in [0, 0.1) is 0 Å². The van der Waals surface area contributed by atoms with Gasteiger partial charge < -0.3 is 0 Å². The van der Waals surface area contributed by atoms with Crippen LogP contribution in [-0.4, -0.2) is 38.4 Å². The third-order valence-corrected chi connectivity index (χ3v) is 3.22. The summed E-state index contributed by atoms with van der Waals surface area (Å²) in [4.78, 5) is 4.02. The number of hydrogen-bond acceptors (Lipinski definition) is 3. The molecule has 2 heterocycles. The van der Waals surface area contributed by atoms with Gasteiger partial charge in [-0.25, -0.2) is 0 Å². The van der Waals surface area contributed by atoms with Crippen molar-refractivity contribution in [1.29, 1.82) is 0 Å². The highest BCUT2D eigenvalue weighted by atomic mass is 35.5. The largest absolute Gasteiger partial charge is 0.297 e. The molecule has 2 rings (SSSR count). The van der Waals surface area contributed by atoms with Gasteiger partial charge in [-0.15, -0.1) is 11.6 Å². The molecule has 0 bridgehead atoms. The predicted octanol–water partition coefficient (Wildman–Crippen LogP) is 1.41. The van der Waals surface area contributed by atoms with Crippen LogP contribution in [0.15, 0.2) is 6.20 Å². The molecule has 1 fully saturated rings. The summed E-state index contributed by atoms with van der Waals surface area (Å²) in [5.74, 6) is 0. The Kier molecular flexibility index (Phi) is 3.59. The lowest BCUT2D eigenvalue weighted by Gasteiger charge is -2.17. The Labute approximate surface area is 95.2 Å². The number of alkyl halides is 1. The third-order valence-electron chi connectivity index (χ3n) is 2.78. The molecule has 1 aromatic heterocycles. The number of halogens is 1. The molecular weight excluding hydrogens is 212 g/mol. The summed E-state index contributed by atoms with van der Waals surface area (Å²) >= 11 is 6.13. The number of rotatable bonds is 2. The quantitative estimate of drug-likeness (QED) is 0.718. The normalized spacial score (nSPS) is 24.0. The number of nitrogens with zero attached hydrogens (tertiary/aromatic N) is 4. The van der Waals surface area contributed by atoms with E-state index in [1.807, 2.05) is 13.2 Å². The molecule has 1 atom stereocenters. The highest BCUT2D eigenvalue weighted by Gasteiger charge is 2.15. The summed E-state index contributed by atoms with van der Waals surface area (Å²) in [6.45, 7) is 3.10. The maximum Gasteiger partial charge on any atom is 0.0967 e. The van der Waals surface area contributed by atoms with Gasteiger partial charge in [-0.3, -0.25) is 4.90 Å². The fourth-order valence-corrected chi connectivity index (χ4v) is 2.21. The van der Waals surface area contributed by atoms with Crippen LogP contribution in [0.3, 0.4) is 0 Å². The fraction of sp³-hybridized carbons (Fsp3) is 0.800. The molecule has 1 aromatic rings. The zero-order valence-electron chi connectivity index (χ0n) is 9.06. The van der Waals surface area contributed by atoms with E-state index in [2.05, 4.69) is 15.1 Å². The lowest BCUT2D eigenvalue weighted by atomic mass is 10.2. The fourth-order valence-electron chi connectivity index (χ4n) is 1.96. The minimum atomic E-state index is 0.358. The van der Waals surface area contributed by atoms with Crippen molar-refractivity contribution in [3.8, 4) is 0 Å². The van der Waals surface area contributed by atoms with Crippen molar-refractivity contribution in [3.63, 3.8) is 0 Å². The summed E-state index contributed by atoms with van der Waals surface area (Å²) in [6, 6.07) is 0. The van der Waals surface area contributed by atoms with Gasteiger partial charge in [0.1, 0.15) is 0 Å². The summed E-state index contributed by atoms with van der Waals surface area (Å²) in [5.41, 5.74) is 1.05. The zero-order chi connectivity index (χ0) is 10.7. The Morgan fingerprint density at radius 1 is 1.47 bits per heavy atom. The molecule has 0 aromatic carbocycles. The Bertz CT molecular complexity index is 312. The molecule has 0 saturated carbocycles. The van der Waals surface area contributed by atoms with Crippen molar-refractivity contribution < 1.29 is 0 Å². The van der Waals surface area contributed by atoms with Crippen LogP contribution in [0.1, 0.15) is 25.0 Å². The molecular formula is C10H17ClN4. The average molecular weight is 229 g/mol. The highest BCUT2D eigenvalue weighted by Crippen LogP contribution is 2.16. The molecule has 4 nitrogen and oxygen atoms in total.